The number of fused-ring (bicyclic) bond motifs is 1. The summed E-state index contributed by atoms with van der Waals surface area (Å²) in [5, 5.41) is 0. The second-order valence-corrected chi connectivity index (χ2v) is 5.93. The molecule has 0 N–H and O–H groups in total. The fraction of sp³-hybridized carbons (Fsp3) is 0.571. The van der Waals surface area contributed by atoms with Crippen molar-refractivity contribution in [1.82, 2.24) is 4.48 Å². The maximum Gasteiger partial charge on any atom is 0.136 e. The fourth-order valence-electron chi connectivity index (χ4n) is 2.83. The molecule has 0 saturated heterocycles. The molecule has 0 radical (unpaired) electrons. The summed E-state index contributed by atoms with van der Waals surface area (Å²) in [7, 11) is 4.65. The van der Waals surface area contributed by atoms with Crippen molar-refractivity contribution < 1.29 is 0 Å². The number of nitrogens with zero attached hydrogens (tertiary/aromatic N) is 1. The van der Waals surface area contributed by atoms with E-state index in [-0.39, 0.29) is 0 Å². The molecule has 1 aliphatic heterocycles. The first-order valence-electron chi connectivity index (χ1n) is 5.80. The number of para-hydroxylation sites is 1. The van der Waals surface area contributed by atoms with Crippen LogP contribution in [0, 0.1) is 0 Å². The lowest BCUT2D eigenvalue weighted by Gasteiger charge is -2.50. The van der Waals surface area contributed by atoms with Crippen LogP contribution in [0.5, 0.6) is 0 Å². The van der Waals surface area contributed by atoms with Gasteiger partial charge in [0.1, 0.15) is 5.69 Å². The zero-order chi connectivity index (χ0) is 11.3. The van der Waals surface area contributed by atoms with Crippen molar-refractivity contribution in [3.8, 4) is 0 Å². The van der Waals surface area contributed by atoms with Crippen molar-refractivity contribution in [3.05, 3.63) is 29.8 Å². The molecule has 0 aromatic heterocycles. The van der Waals surface area contributed by atoms with Crippen LogP contribution in [0.4, 0.5) is 5.69 Å². The average Bonchev–Trinajstić information content (AvgIpc) is 2.15. The van der Waals surface area contributed by atoms with Crippen molar-refractivity contribution in [2.45, 2.75) is 38.6 Å². The molecule has 0 saturated carbocycles. The fourth-order valence-corrected chi connectivity index (χ4v) is 2.83. The maximum atomic E-state index is 2.37. The van der Waals surface area contributed by atoms with Crippen molar-refractivity contribution in [1.29, 1.82) is 0 Å². The summed E-state index contributed by atoms with van der Waals surface area (Å²) in [6, 6.07) is 8.89. The molecule has 0 aliphatic carbocycles. The Labute approximate surface area is 93.3 Å². The van der Waals surface area contributed by atoms with E-state index in [4.69, 9.17) is 0 Å². The Hall–Kier alpha value is -0.820. The first kappa shape index (κ1) is 10.7. The zero-order valence-electron chi connectivity index (χ0n) is 10.5. The van der Waals surface area contributed by atoms with Crippen LogP contribution >= 0.6 is 0 Å². The van der Waals surface area contributed by atoms with Gasteiger partial charge in [-0.25, -0.2) is 0 Å². The molecule has 1 heteroatoms. The van der Waals surface area contributed by atoms with Crippen molar-refractivity contribution >= 4 is 5.69 Å². The van der Waals surface area contributed by atoms with Gasteiger partial charge in [0.2, 0.25) is 0 Å². The first-order valence-corrected chi connectivity index (χ1v) is 5.80. The second kappa shape index (κ2) is 3.08. The van der Waals surface area contributed by atoms with Crippen LogP contribution in [0.1, 0.15) is 38.7 Å². The standard InChI is InChI=1S/C14H22N/c1-11-10-14(2,3)15(4,5)13-9-7-6-8-12(11)13/h6-9,11H,10H2,1-5H3/q+1. The molecule has 15 heavy (non-hydrogen) atoms. The van der Waals surface area contributed by atoms with Crippen molar-refractivity contribution in [2.75, 3.05) is 14.1 Å². The van der Waals surface area contributed by atoms with Crippen LogP contribution in [-0.4, -0.2) is 19.6 Å². The highest BCUT2D eigenvalue weighted by Crippen LogP contribution is 2.45. The molecule has 1 aromatic rings. The van der Waals surface area contributed by atoms with Gasteiger partial charge < -0.3 is 0 Å². The van der Waals surface area contributed by atoms with Crippen LogP contribution < -0.4 is 4.48 Å². The number of benzene rings is 1. The smallest absolute Gasteiger partial charge is 0.136 e. The molecule has 0 fully saturated rings. The van der Waals surface area contributed by atoms with E-state index < -0.39 is 0 Å². The number of hydrogen-bond acceptors (Lipinski definition) is 0. The minimum Gasteiger partial charge on any atom is -0.291 e. The molecule has 1 heterocycles. The summed E-state index contributed by atoms with van der Waals surface area (Å²) < 4.78 is 0.994. The molecule has 2 rings (SSSR count). The molecule has 1 aliphatic rings. The lowest BCUT2D eigenvalue weighted by atomic mass is 9.78. The van der Waals surface area contributed by atoms with E-state index in [9.17, 15) is 0 Å². The Bertz CT molecular complexity index is 377. The molecule has 0 spiro atoms. The molecular formula is C14H22N+. The largest absolute Gasteiger partial charge is 0.291 e. The zero-order valence-corrected chi connectivity index (χ0v) is 10.5. The molecular weight excluding hydrogens is 182 g/mol. The summed E-state index contributed by atoms with van der Waals surface area (Å²) in [5.41, 5.74) is 3.34. The van der Waals surface area contributed by atoms with E-state index in [1.807, 2.05) is 0 Å². The third-order valence-corrected chi connectivity index (χ3v) is 4.39. The van der Waals surface area contributed by atoms with E-state index >= 15 is 0 Å². The van der Waals surface area contributed by atoms with Gasteiger partial charge in [0.05, 0.1) is 19.6 Å². The molecule has 1 atom stereocenters. The Morgan fingerprint density at radius 1 is 1.20 bits per heavy atom. The summed E-state index contributed by atoms with van der Waals surface area (Å²) in [6.07, 6.45) is 1.26. The average molecular weight is 204 g/mol. The molecule has 82 valence electrons. The Balaban J connectivity index is 2.63. The Kier molecular flexibility index (Phi) is 2.20. The molecule has 0 bridgehead atoms. The molecule has 1 nitrogen and oxygen atoms in total. The third kappa shape index (κ3) is 1.41. The van der Waals surface area contributed by atoms with E-state index in [0.29, 0.717) is 11.5 Å². The van der Waals surface area contributed by atoms with E-state index in [0.717, 1.165) is 4.48 Å². The predicted molar refractivity (Wildman–Crippen MR) is 67.2 cm³/mol. The predicted octanol–water partition coefficient (Wildman–Crippen LogP) is 3.54. The molecule has 1 aromatic carbocycles. The highest BCUT2D eigenvalue weighted by Gasteiger charge is 2.45. The SMILES string of the molecule is CC1CC(C)(C)[N+](C)(C)c2ccccc21. The van der Waals surface area contributed by atoms with Crippen LogP contribution in [0.25, 0.3) is 0 Å². The maximum absolute atomic E-state index is 2.37. The quantitative estimate of drug-likeness (QED) is 0.567. The monoisotopic (exact) mass is 204 g/mol. The van der Waals surface area contributed by atoms with Gasteiger partial charge in [-0.2, -0.15) is 0 Å². The van der Waals surface area contributed by atoms with Crippen LogP contribution in [0.3, 0.4) is 0 Å². The summed E-state index contributed by atoms with van der Waals surface area (Å²) >= 11 is 0. The van der Waals surface area contributed by atoms with Gasteiger partial charge >= 0.3 is 0 Å². The van der Waals surface area contributed by atoms with Gasteiger partial charge in [-0.05, 0) is 25.8 Å². The van der Waals surface area contributed by atoms with E-state index in [1.165, 1.54) is 17.7 Å². The topological polar surface area (TPSA) is 0 Å². The number of hydrogen-bond donors (Lipinski definition) is 0. The van der Waals surface area contributed by atoms with Crippen molar-refractivity contribution in [3.63, 3.8) is 0 Å². The van der Waals surface area contributed by atoms with Gasteiger partial charge in [-0.3, -0.25) is 4.48 Å². The summed E-state index contributed by atoms with van der Waals surface area (Å²) in [5.74, 6) is 0.683. The van der Waals surface area contributed by atoms with Gasteiger partial charge in [-0.15, -0.1) is 0 Å². The summed E-state index contributed by atoms with van der Waals surface area (Å²) in [4.78, 5) is 0. The molecule has 1 unspecified atom stereocenters. The van der Waals surface area contributed by atoms with E-state index in [2.05, 4.69) is 59.1 Å². The van der Waals surface area contributed by atoms with Crippen LogP contribution in [0.2, 0.25) is 0 Å². The van der Waals surface area contributed by atoms with Gasteiger partial charge in [0, 0.05) is 12.0 Å². The first-order chi connectivity index (χ1) is 6.86. The lowest BCUT2D eigenvalue weighted by Crippen LogP contribution is -2.60. The van der Waals surface area contributed by atoms with Gasteiger partial charge in [-0.1, -0.05) is 25.1 Å². The minimum atomic E-state index is 0.327. The number of quaternary nitrogens is 1. The third-order valence-electron chi connectivity index (χ3n) is 4.39. The summed E-state index contributed by atoms with van der Waals surface area (Å²) in [6.45, 7) is 7.10. The van der Waals surface area contributed by atoms with Gasteiger partial charge in [0.25, 0.3) is 0 Å². The van der Waals surface area contributed by atoms with Crippen LogP contribution in [0.15, 0.2) is 24.3 Å². The highest BCUT2D eigenvalue weighted by atomic mass is 15.4. The Morgan fingerprint density at radius 3 is 2.47 bits per heavy atom. The van der Waals surface area contributed by atoms with Crippen molar-refractivity contribution in [2.24, 2.45) is 0 Å². The Morgan fingerprint density at radius 2 is 1.80 bits per heavy atom. The highest BCUT2D eigenvalue weighted by molar-refractivity contribution is 5.55. The van der Waals surface area contributed by atoms with Crippen LogP contribution in [-0.2, 0) is 0 Å². The lowest BCUT2D eigenvalue weighted by molar-refractivity contribution is 0.157. The normalized spacial score (nSPS) is 27.1. The minimum absolute atomic E-state index is 0.327. The van der Waals surface area contributed by atoms with Gasteiger partial charge in [0.15, 0.2) is 0 Å². The van der Waals surface area contributed by atoms with E-state index in [1.54, 1.807) is 0 Å². The molecule has 0 amide bonds. The number of rotatable bonds is 0. The second-order valence-electron chi connectivity index (χ2n) is 5.93.